The molecule has 68 heavy (non-hydrogen) atoms. The van der Waals surface area contributed by atoms with Crippen LogP contribution in [0.25, 0.3) is 0 Å². The lowest BCUT2D eigenvalue weighted by molar-refractivity contribution is -0.386. The van der Waals surface area contributed by atoms with Crippen LogP contribution in [0.1, 0.15) is 58.3 Å². The molecule has 0 aliphatic rings. The lowest BCUT2D eigenvalue weighted by Gasteiger charge is -2.19. The summed E-state index contributed by atoms with van der Waals surface area (Å²) < 4.78 is 54.6. The average molecular weight is 931 g/mol. The van der Waals surface area contributed by atoms with Crippen molar-refractivity contribution in [3.8, 4) is 46.0 Å². The highest BCUT2D eigenvalue weighted by Gasteiger charge is 2.22. The summed E-state index contributed by atoms with van der Waals surface area (Å²) >= 11 is 0. The highest BCUT2D eigenvalue weighted by molar-refractivity contribution is 5.90. The van der Waals surface area contributed by atoms with E-state index in [4.69, 9.17) is 42.6 Å². The second-order valence-corrected chi connectivity index (χ2v) is 14.7. The number of nitrogens with zero attached hydrogens (tertiary/aromatic N) is 2. The van der Waals surface area contributed by atoms with Crippen LogP contribution >= 0.6 is 0 Å². The van der Waals surface area contributed by atoms with Crippen LogP contribution in [0.2, 0.25) is 0 Å². The van der Waals surface area contributed by atoms with Crippen LogP contribution in [0.5, 0.6) is 46.0 Å². The molecule has 0 unspecified atom stereocenters. The van der Waals surface area contributed by atoms with Crippen LogP contribution in [-0.2, 0) is 31.2 Å². The molecule has 0 aliphatic heterocycles. The summed E-state index contributed by atoms with van der Waals surface area (Å²) in [5, 5.41) is 23.5. The van der Waals surface area contributed by atoms with E-state index in [1.165, 1.54) is 31.4 Å². The van der Waals surface area contributed by atoms with Crippen LogP contribution in [0, 0.1) is 20.2 Å². The highest BCUT2D eigenvalue weighted by atomic mass is 16.6. The molecule has 0 amide bonds. The van der Waals surface area contributed by atoms with Crippen LogP contribution in [0.3, 0.4) is 0 Å². The Morgan fingerprint density at radius 3 is 1.18 bits per heavy atom. The van der Waals surface area contributed by atoms with Crippen molar-refractivity contribution in [1.82, 2.24) is 0 Å². The normalized spacial score (nSPS) is 10.5. The number of rotatable bonds is 31. The molecule has 0 fully saturated rings. The number of nitro groups is 2. The number of carbonyl (C=O) groups is 1. The summed E-state index contributed by atoms with van der Waals surface area (Å²) in [7, 11) is 1.26. The van der Waals surface area contributed by atoms with Crippen LogP contribution in [-0.4, -0.2) is 49.4 Å². The van der Waals surface area contributed by atoms with Crippen molar-refractivity contribution in [3.05, 3.63) is 190 Å². The SMILES string of the molecule is C=CCCOc1cc(COc2cc(OCc3cc(OCCC=C)c(OCc4ccccc4[N+](=O)[O-])c(OCCC=C)c3)cc(C(=O)OC)c2)cc(OCCC=C)c1OCc1ccccc1[N+](=O)[O-]. The van der Waals surface area contributed by atoms with E-state index in [0.29, 0.717) is 70.9 Å². The van der Waals surface area contributed by atoms with Gasteiger partial charge in [0.1, 0.15) is 37.9 Å². The largest absolute Gasteiger partial charge is 0.489 e. The van der Waals surface area contributed by atoms with E-state index in [9.17, 15) is 25.0 Å². The monoisotopic (exact) mass is 930 g/mol. The van der Waals surface area contributed by atoms with Crippen molar-refractivity contribution in [2.24, 2.45) is 0 Å². The van der Waals surface area contributed by atoms with Crippen molar-refractivity contribution in [3.63, 3.8) is 0 Å². The van der Waals surface area contributed by atoms with E-state index in [2.05, 4.69) is 26.3 Å². The number of para-hydroxylation sites is 2. The number of ether oxygens (including phenoxy) is 9. The number of carbonyl (C=O) groups excluding carboxylic acids is 1. The number of benzene rings is 5. The van der Waals surface area contributed by atoms with Gasteiger partial charge in [-0.2, -0.15) is 0 Å². The van der Waals surface area contributed by atoms with E-state index >= 15 is 0 Å². The van der Waals surface area contributed by atoms with Gasteiger partial charge in [0.05, 0.1) is 60.1 Å². The molecule has 0 aromatic heterocycles. The maximum Gasteiger partial charge on any atom is 0.338 e. The first kappa shape index (κ1) is 50.7. The molecule has 0 radical (unpaired) electrons. The minimum Gasteiger partial charge on any atom is -0.489 e. The maximum absolute atomic E-state index is 12.9. The first-order valence-electron chi connectivity index (χ1n) is 21.6. The third-order valence-corrected chi connectivity index (χ3v) is 9.71. The number of methoxy groups -OCH3 is 1. The third-order valence-electron chi connectivity index (χ3n) is 9.71. The summed E-state index contributed by atoms with van der Waals surface area (Å²) in [5.74, 6) is 1.63. The molecule has 16 nitrogen and oxygen atoms in total. The van der Waals surface area contributed by atoms with Gasteiger partial charge < -0.3 is 42.6 Å². The van der Waals surface area contributed by atoms with Gasteiger partial charge in [0, 0.05) is 18.2 Å². The number of esters is 1. The summed E-state index contributed by atoms with van der Waals surface area (Å²) in [6, 6.07) is 24.1. The Bertz CT molecular complexity index is 2320. The second kappa shape index (κ2) is 26.6. The van der Waals surface area contributed by atoms with Gasteiger partial charge in [-0.1, -0.05) is 48.6 Å². The van der Waals surface area contributed by atoms with Crippen molar-refractivity contribution in [2.75, 3.05) is 33.5 Å². The molecule has 356 valence electrons. The van der Waals surface area contributed by atoms with Gasteiger partial charge in [0.2, 0.25) is 11.5 Å². The average Bonchev–Trinajstić information content (AvgIpc) is 3.34. The van der Waals surface area contributed by atoms with E-state index in [1.807, 2.05) is 0 Å². The van der Waals surface area contributed by atoms with E-state index in [1.54, 1.807) is 91.0 Å². The molecular formula is C52H54N2O14. The molecule has 0 atom stereocenters. The van der Waals surface area contributed by atoms with Gasteiger partial charge in [-0.05, 0) is 85.3 Å². The quantitative estimate of drug-likeness (QED) is 0.0134. The zero-order chi connectivity index (χ0) is 48.7. The van der Waals surface area contributed by atoms with Gasteiger partial charge in [0.15, 0.2) is 23.0 Å². The molecule has 0 aliphatic carbocycles. The van der Waals surface area contributed by atoms with Gasteiger partial charge in [0.25, 0.3) is 11.4 Å². The molecule has 0 saturated heterocycles. The number of nitro benzene ring substituents is 2. The maximum atomic E-state index is 12.9. The zero-order valence-electron chi connectivity index (χ0n) is 37.9. The van der Waals surface area contributed by atoms with E-state index in [-0.39, 0.29) is 92.8 Å². The Morgan fingerprint density at radius 2 is 0.853 bits per heavy atom. The van der Waals surface area contributed by atoms with Gasteiger partial charge in [-0.15, -0.1) is 26.3 Å². The van der Waals surface area contributed by atoms with Crippen molar-refractivity contribution >= 4 is 17.3 Å². The summed E-state index contributed by atoms with van der Waals surface area (Å²) in [6.07, 6.45) is 8.91. The predicted octanol–water partition coefficient (Wildman–Crippen LogP) is 11.4. The van der Waals surface area contributed by atoms with E-state index in [0.717, 1.165) is 0 Å². The van der Waals surface area contributed by atoms with Crippen molar-refractivity contribution in [2.45, 2.75) is 52.1 Å². The van der Waals surface area contributed by atoms with E-state index < -0.39 is 15.8 Å². The van der Waals surface area contributed by atoms with Crippen molar-refractivity contribution in [1.29, 1.82) is 0 Å². The Kier molecular flexibility index (Phi) is 19.9. The predicted molar refractivity (Wildman–Crippen MR) is 255 cm³/mol. The molecule has 5 rings (SSSR count). The molecule has 0 spiro atoms. The number of hydrogen-bond donors (Lipinski definition) is 0. The molecule has 0 bridgehead atoms. The second-order valence-electron chi connectivity index (χ2n) is 14.7. The highest BCUT2D eigenvalue weighted by Crippen LogP contribution is 2.42. The molecule has 16 heteroatoms. The fraction of sp³-hybridized carbons (Fsp3) is 0.250. The number of hydrogen-bond acceptors (Lipinski definition) is 14. The first-order valence-corrected chi connectivity index (χ1v) is 21.6. The molecule has 0 N–H and O–H groups in total. The van der Waals surface area contributed by atoms with Gasteiger partial charge in [-0.25, -0.2) is 4.79 Å². The van der Waals surface area contributed by atoms with Crippen molar-refractivity contribution < 1.29 is 57.3 Å². The summed E-state index contributed by atoms with van der Waals surface area (Å²) in [6.45, 7) is 15.8. The van der Waals surface area contributed by atoms with Crippen LogP contribution in [0.4, 0.5) is 11.4 Å². The Balaban J connectivity index is 1.44. The lowest BCUT2D eigenvalue weighted by atomic mass is 10.1. The molecular weight excluding hydrogens is 877 g/mol. The van der Waals surface area contributed by atoms with Gasteiger partial charge >= 0.3 is 5.97 Å². The molecule has 5 aromatic rings. The Hall–Kier alpha value is -8.27. The zero-order valence-corrected chi connectivity index (χ0v) is 37.9. The topological polar surface area (TPSA) is 186 Å². The molecule has 5 aromatic carbocycles. The molecule has 0 heterocycles. The standard InChI is InChI=1S/C52H54N2O14/c1-6-10-22-61-46-26-37(27-47(62-23-11-7-2)50(46)67-35-39-18-14-16-20-44(39)53(56)57)33-65-42-30-41(52(55)60-5)31-43(32-42)66-34-38-28-48(63-24-12-8-3)51(49(29-38)64-25-13-9-4)68-36-40-19-15-17-21-45(40)54(58)59/h6-9,14-21,26-32H,1-4,10-13,22-25,33-36H2,5H3. The Labute approximate surface area is 394 Å². The van der Waals surface area contributed by atoms with Gasteiger partial charge in [-0.3, -0.25) is 20.2 Å². The Morgan fingerprint density at radius 1 is 0.500 bits per heavy atom. The summed E-state index contributed by atoms with van der Waals surface area (Å²) in [5.41, 5.74) is 1.90. The minimum absolute atomic E-state index is 0.0332. The minimum atomic E-state index is -0.632. The fourth-order valence-corrected chi connectivity index (χ4v) is 6.38. The fourth-order valence-electron chi connectivity index (χ4n) is 6.38. The lowest BCUT2D eigenvalue weighted by Crippen LogP contribution is -2.08. The third kappa shape index (κ3) is 14.9. The first-order chi connectivity index (χ1) is 33.1. The van der Waals surface area contributed by atoms with Crippen LogP contribution < -0.4 is 37.9 Å². The summed E-state index contributed by atoms with van der Waals surface area (Å²) in [4.78, 5) is 35.5. The smallest absolute Gasteiger partial charge is 0.338 e. The molecule has 0 saturated carbocycles. The van der Waals surface area contributed by atoms with Crippen LogP contribution in [0.15, 0.2) is 142 Å².